The molecule has 10 heteroatoms. The summed E-state index contributed by atoms with van der Waals surface area (Å²) in [6.07, 6.45) is 2.92. The number of hydrogen-bond acceptors (Lipinski definition) is 7. The van der Waals surface area contributed by atoms with E-state index in [1.54, 1.807) is 19.2 Å². The Morgan fingerprint density at radius 1 is 1.28 bits per heavy atom. The summed E-state index contributed by atoms with van der Waals surface area (Å²) in [5, 5.41) is 24.5. The molecule has 0 radical (unpaired) electrons. The van der Waals surface area contributed by atoms with Gasteiger partial charge in [0, 0.05) is 25.8 Å². The number of methoxy groups -OCH3 is 1. The van der Waals surface area contributed by atoms with Gasteiger partial charge in [-0.15, -0.1) is 0 Å². The van der Waals surface area contributed by atoms with Crippen molar-refractivity contribution in [2.24, 2.45) is 5.92 Å². The lowest BCUT2D eigenvalue weighted by molar-refractivity contribution is -0.133. The van der Waals surface area contributed by atoms with Crippen molar-refractivity contribution in [2.75, 3.05) is 19.1 Å². The molecule has 196 valence electrons. The monoisotopic (exact) mass is 520 g/mol. The van der Waals surface area contributed by atoms with Crippen LogP contribution in [0.2, 0.25) is 5.02 Å². The number of halogens is 1. The van der Waals surface area contributed by atoms with Gasteiger partial charge in [0.25, 0.3) is 0 Å². The summed E-state index contributed by atoms with van der Waals surface area (Å²) in [4.78, 5) is 26.8. The van der Waals surface area contributed by atoms with Crippen LogP contribution >= 0.6 is 11.6 Å². The Kier molecular flexibility index (Phi) is 7.66. The summed E-state index contributed by atoms with van der Waals surface area (Å²) in [5.41, 5.74) is 0.525. The van der Waals surface area contributed by atoms with Gasteiger partial charge in [0.2, 0.25) is 5.91 Å². The maximum atomic E-state index is 13.0. The molecule has 4 rings (SSSR count). The molecule has 2 fully saturated rings. The predicted octanol–water partition coefficient (Wildman–Crippen LogP) is 3.10. The van der Waals surface area contributed by atoms with Gasteiger partial charge in [0.1, 0.15) is 23.0 Å². The van der Waals surface area contributed by atoms with E-state index in [1.807, 2.05) is 26.0 Å². The fourth-order valence-electron chi connectivity index (χ4n) is 4.86. The number of amides is 2. The van der Waals surface area contributed by atoms with Crippen molar-refractivity contribution in [3.05, 3.63) is 46.5 Å². The second kappa shape index (κ2) is 10.4. The molecule has 3 aliphatic heterocycles. The largest absolute Gasteiger partial charge is 0.495 e. The van der Waals surface area contributed by atoms with Crippen LogP contribution < -0.4 is 15.0 Å². The second-order valence-electron chi connectivity index (χ2n) is 9.84. The van der Waals surface area contributed by atoms with Crippen LogP contribution in [0.4, 0.5) is 10.5 Å². The minimum atomic E-state index is -1.88. The van der Waals surface area contributed by atoms with Crippen LogP contribution in [0.3, 0.4) is 0 Å². The van der Waals surface area contributed by atoms with Crippen LogP contribution in [0.25, 0.3) is 0 Å². The molecule has 0 saturated carbocycles. The number of epoxide rings is 1. The van der Waals surface area contributed by atoms with E-state index in [1.165, 1.54) is 18.1 Å². The molecule has 2 amide bonds. The van der Waals surface area contributed by atoms with Crippen LogP contribution in [-0.4, -0.2) is 66.5 Å². The fraction of sp³-hybridized carbons (Fsp3) is 0.538. The fourth-order valence-corrected chi connectivity index (χ4v) is 5.17. The van der Waals surface area contributed by atoms with Crippen molar-refractivity contribution in [3.63, 3.8) is 0 Å². The van der Waals surface area contributed by atoms with Gasteiger partial charge >= 0.3 is 6.09 Å². The summed E-state index contributed by atoms with van der Waals surface area (Å²) in [6, 6.07) is 3.69. The van der Waals surface area contributed by atoms with Gasteiger partial charge in [-0.3, -0.25) is 10.1 Å². The molecular formula is C26H33ClN2O7. The van der Waals surface area contributed by atoms with Crippen molar-refractivity contribution in [3.8, 4) is 5.75 Å². The molecule has 3 heterocycles. The molecule has 9 nitrogen and oxygen atoms in total. The van der Waals surface area contributed by atoms with Gasteiger partial charge in [-0.05, 0) is 37.5 Å². The van der Waals surface area contributed by atoms with Crippen molar-refractivity contribution in [1.82, 2.24) is 5.32 Å². The molecule has 0 spiro atoms. The van der Waals surface area contributed by atoms with Crippen LogP contribution in [0.15, 0.2) is 35.9 Å². The lowest BCUT2D eigenvalue weighted by Crippen LogP contribution is -2.63. The number of alkyl carbamates (subject to hydrolysis) is 1. The average Bonchev–Trinajstić information content (AvgIpc) is 3.61. The second-order valence-corrected chi connectivity index (χ2v) is 10.2. The van der Waals surface area contributed by atoms with Crippen molar-refractivity contribution in [2.45, 2.75) is 69.7 Å². The summed E-state index contributed by atoms with van der Waals surface area (Å²) >= 11 is 6.55. The standard InChI is InChI=1S/C26H33ClN2O7/c1-14-6-5-7-21(30)26(33)13-20(36-25(32)28-26)15(2)24-18(35-24)8-9-22(31)29(3)17-11-16(10-14)12-19(34-4)23(17)27/h5-7,11-12,15,18,20-21,24,30,33H,8-10,13H2,1-4H3,(H,28,32)/b7-5+,14-6+/t15-,18+,20+,21-,24-,26+/m1/s1. The van der Waals surface area contributed by atoms with Gasteiger partial charge in [-0.1, -0.05) is 42.3 Å². The molecule has 3 aliphatic rings. The number of nitrogens with zero attached hydrogens (tertiary/aromatic N) is 1. The van der Waals surface area contributed by atoms with Crippen molar-refractivity contribution in [1.29, 1.82) is 0 Å². The van der Waals surface area contributed by atoms with Crippen LogP contribution in [0.5, 0.6) is 5.75 Å². The third kappa shape index (κ3) is 5.54. The molecule has 0 aromatic heterocycles. The number of ether oxygens (including phenoxy) is 3. The Bertz CT molecular complexity index is 1090. The average molecular weight is 521 g/mol. The molecule has 0 unspecified atom stereocenters. The quantitative estimate of drug-likeness (QED) is 0.486. The van der Waals surface area contributed by atoms with Gasteiger partial charge in [-0.25, -0.2) is 4.79 Å². The lowest BCUT2D eigenvalue weighted by Gasteiger charge is -2.40. The van der Waals surface area contributed by atoms with E-state index < -0.39 is 24.0 Å². The number of allylic oxidation sites excluding steroid dienone is 3. The predicted molar refractivity (Wildman–Crippen MR) is 134 cm³/mol. The Labute approximate surface area is 215 Å². The topological polar surface area (TPSA) is 121 Å². The molecule has 1 aromatic rings. The maximum Gasteiger partial charge on any atom is 0.409 e. The van der Waals surface area contributed by atoms with E-state index in [4.69, 9.17) is 25.8 Å². The Morgan fingerprint density at radius 3 is 2.75 bits per heavy atom. The smallest absolute Gasteiger partial charge is 0.409 e. The summed E-state index contributed by atoms with van der Waals surface area (Å²) in [5.74, 6) is 0.117. The minimum absolute atomic E-state index is 0.00745. The number of rotatable bonds is 1. The third-order valence-electron chi connectivity index (χ3n) is 7.14. The number of anilines is 1. The number of hydrogen-bond donors (Lipinski definition) is 3. The van der Waals surface area contributed by atoms with Gasteiger partial charge in [-0.2, -0.15) is 0 Å². The van der Waals surface area contributed by atoms with Gasteiger partial charge in [0.15, 0.2) is 5.72 Å². The highest BCUT2D eigenvalue weighted by atomic mass is 35.5. The lowest BCUT2D eigenvalue weighted by atomic mass is 9.88. The first-order valence-electron chi connectivity index (χ1n) is 12.0. The van der Waals surface area contributed by atoms with Crippen LogP contribution in [0, 0.1) is 5.92 Å². The van der Waals surface area contributed by atoms with E-state index in [-0.39, 0.29) is 36.9 Å². The highest BCUT2D eigenvalue weighted by molar-refractivity contribution is 6.35. The van der Waals surface area contributed by atoms with Crippen LogP contribution in [-0.2, 0) is 20.7 Å². The van der Waals surface area contributed by atoms with E-state index >= 15 is 0 Å². The highest BCUT2D eigenvalue weighted by Gasteiger charge is 2.52. The van der Waals surface area contributed by atoms with Crippen LogP contribution in [0.1, 0.15) is 38.7 Å². The Morgan fingerprint density at radius 2 is 2.03 bits per heavy atom. The normalized spacial score (nSPS) is 35.6. The molecular weight excluding hydrogens is 488 g/mol. The SMILES string of the molecule is COc1cc2cc(c1Cl)N(C)C(=O)CC[C@@H]1O[C@@H]1[C@H](C)[C@@H]1C[C@@](O)(NC(=O)O1)[C@H](O)/C=C/C=C(\C)C2. The van der Waals surface area contributed by atoms with Gasteiger partial charge in [0.05, 0.1) is 25.0 Å². The first-order valence-corrected chi connectivity index (χ1v) is 12.4. The molecule has 6 atom stereocenters. The molecule has 36 heavy (non-hydrogen) atoms. The van der Waals surface area contributed by atoms with Crippen molar-refractivity contribution < 1.29 is 34.0 Å². The number of nitrogens with one attached hydrogen (secondary N) is 1. The molecule has 2 saturated heterocycles. The minimum Gasteiger partial charge on any atom is -0.495 e. The number of aliphatic hydroxyl groups excluding tert-OH is 1. The highest BCUT2D eigenvalue weighted by Crippen LogP contribution is 2.40. The van der Waals surface area contributed by atoms with E-state index in [2.05, 4.69) is 5.32 Å². The zero-order valence-electron chi connectivity index (χ0n) is 20.9. The first kappa shape index (κ1) is 26.5. The van der Waals surface area contributed by atoms with E-state index in [0.29, 0.717) is 29.3 Å². The zero-order chi connectivity index (χ0) is 26.2. The Balaban J connectivity index is 1.67. The zero-order valence-corrected chi connectivity index (χ0v) is 21.6. The third-order valence-corrected chi connectivity index (χ3v) is 7.52. The Hall–Kier alpha value is -2.59. The molecule has 0 aliphatic carbocycles. The number of carbonyl (C=O) groups excluding carboxylic acids is 2. The molecule has 4 bridgehead atoms. The number of fused-ring (bicyclic) bond motifs is 5. The number of carbonyl (C=O) groups is 2. The van der Waals surface area contributed by atoms with Gasteiger partial charge < -0.3 is 29.3 Å². The molecule has 1 aromatic carbocycles. The first-order chi connectivity index (χ1) is 17.0. The van der Waals surface area contributed by atoms with E-state index in [0.717, 1.165) is 11.1 Å². The number of benzene rings is 1. The van der Waals surface area contributed by atoms with Crippen molar-refractivity contribution >= 4 is 29.3 Å². The maximum absolute atomic E-state index is 13.0. The summed E-state index contributed by atoms with van der Waals surface area (Å²) in [7, 11) is 3.21. The summed E-state index contributed by atoms with van der Waals surface area (Å²) in [6.45, 7) is 3.79. The number of aliphatic hydroxyl groups is 2. The van der Waals surface area contributed by atoms with E-state index in [9.17, 15) is 19.8 Å². The summed E-state index contributed by atoms with van der Waals surface area (Å²) < 4.78 is 16.7. The molecule has 3 N–H and O–H groups in total.